The van der Waals surface area contributed by atoms with Crippen LogP contribution in [0, 0.1) is 0 Å². The molecule has 5 atom stereocenters. The maximum atomic E-state index is 10.3. The largest absolute Gasteiger partial charge is 0.853 e. The predicted molar refractivity (Wildman–Crippen MR) is 33.8 cm³/mol. The first-order chi connectivity index (χ1) is 5.57. The van der Waals surface area contributed by atoms with Crippen LogP contribution < -0.4 is 5.11 Å². The zero-order chi connectivity index (χ0) is 9.30. The van der Waals surface area contributed by atoms with Crippen molar-refractivity contribution in [2.45, 2.75) is 30.7 Å². The van der Waals surface area contributed by atoms with Gasteiger partial charge in [-0.15, -0.1) is 6.61 Å². The van der Waals surface area contributed by atoms with Crippen LogP contribution in [0.15, 0.2) is 0 Å². The van der Waals surface area contributed by atoms with E-state index >= 15 is 0 Å². The first kappa shape index (κ1) is 9.85. The van der Waals surface area contributed by atoms with Crippen LogP contribution in [-0.4, -0.2) is 57.7 Å². The molecule has 5 unspecified atom stereocenters. The molecule has 1 rings (SSSR count). The van der Waals surface area contributed by atoms with Gasteiger partial charge in [-0.05, 0) is 0 Å². The van der Waals surface area contributed by atoms with Gasteiger partial charge in [0.1, 0.15) is 18.3 Å². The summed E-state index contributed by atoms with van der Waals surface area (Å²) in [6.07, 6.45) is -7.32. The van der Waals surface area contributed by atoms with Crippen molar-refractivity contribution >= 4 is 0 Å². The molecule has 6 heteroatoms. The lowest BCUT2D eigenvalue weighted by Gasteiger charge is -2.39. The molecule has 0 aromatic carbocycles. The summed E-state index contributed by atoms with van der Waals surface area (Å²) in [5.41, 5.74) is 0. The maximum Gasteiger partial charge on any atom is 0.183 e. The van der Waals surface area contributed by atoms with Crippen LogP contribution in [0.2, 0.25) is 0 Å². The molecule has 1 aliphatic heterocycles. The van der Waals surface area contributed by atoms with E-state index in [-0.39, 0.29) is 0 Å². The molecule has 4 N–H and O–H groups in total. The first-order valence-electron chi connectivity index (χ1n) is 3.53. The van der Waals surface area contributed by atoms with E-state index in [9.17, 15) is 5.11 Å². The van der Waals surface area contributed by atoms with Crippen molar-refractivity contribution in [3.63, 3.8) is 0 Å². The Bertz CT molecular complexity index is 146. The Kier molecular flexibility index (Phi) is 2.99. The van der Waals surface area contributed by atoms with E-state index in [0.29, 0.717) is 0 Å². The highest BCUT2D eigenvalue weighted by Gasteiger charge is 2.41. The van der Waals surface area contributed by atoms with Gasteiger partial charge < -0.3 is 30.3 Å². The van der Waals surface area contributed by atoms with Crippen molar-refractivity contribution in [1.82, 2.24) is 0 Å². The molecular weight excluding hydrogens is 168 g/mol. The van der Waals surface area contributed by atoms with Gasteiger partial charge in [-0.1, -0.05) is 0 Å². The van der Waals surface area contributed by atoms with Crippen molar-refractivity contribution in [2.75, 3.05) is 6.61 Å². The summed E-state index contributed by atoms with van der Waals surface area (Å²) in [6.45, 7) is -0.776. The molecule has 0 aromatic rings. The van der Waals surface area contributed by atoms with Gasteiger partial charge >= 0.3 is 0 Å². The predicted octanol–water partition coefficient (Wildman–Crippen LogP) is -3.85. The van der Waals surface area contributed by atoms with Crippen molar-refractivity contribution in [1.29, 1.82) is 0 Å². The number of aliphatic hydroxyl groups excluding tert-OH is 4. The second kappa shape index (κ2) is 3.65. The highest BCUT2D eigenvalue weighted by molar-refractivity contribution is 4.87. The Morgan fingerprint density at radius 1 is 1.00 bits per heavy atom. The summed E-state index contributed by atoms with van der Waals surface area (Å²) in [5, 5.41) is 46.3. The molecule has 0 radical (unpaired) electrons. The number of rotatable bonds is 1. The van der Waals surface area contributed by atoms with E-state index < -0.39 is 37.3 Å². The molecule has 0 spiro atoms. The molecule has 1 heterocycles. The molecule has 1 aliphatic rings. The summed E-state index contributed by atoms with van der Waals surface area (Å²) >= 11 is 0. The fourth-order valence-electron chi connectivity index (χ4n) is 1.07. The summed E-state index contributed by atoms with van der Waals surface area (Å²) in [5.74, 6) is 0. The monoisotopic (exact) mass is 179 g/mol. The number of aliphatic hydroxyl groups is 4. The number of ether oxygens (including phenoxy) is 1. The molecule has 0 saturated carbocycles. The van der Waals surface area contributed by atoms with Gasteiger partial charge in [0, 0.05) is 0 Å². The zero-order valence-corrected chi connectivity index (χ0v) is 6.20. The Balaban J connectivity index is 2.63. The third-order valence-electron chi connectivity index (χ3n) is 1.85. The van der Waals surface area contributed by atoms with Gasteiger partial charge in [0.25, 0.3) is 0 Å². The molecule has 0 aliphatic carbocycles. The van der Waals surface area contributed by atoms with Crippen molar-refractivity contribution in [3.05, 3.63) is 0 Å². The quantitative estimate of drug-likeness (QED) is 0.328. The molecule has 0 bridgehead atoms. The minimum Gasteiger partial charge on any atom is -0.853 e. The van der Waals surface area contributed by atoms with E-state index in [2.05, 4.69) is 4.74 Å². The Morgan fingerprint density at radius 3 is 2.08 bits per heavy atom. The highest BCUT2D eigenvalue weighted by atomic mass is 16.6. The fraction of sp³-hybridized carbons (Fsp3) is 1.00. The van der Waals surface area contributed by atoms with Crippen LogP contribution in [0.4, 0.5) is 0 Å². The molecule has 0 aromatic heterocycles. The van der Waals surface area contributed by atoms with Gasteiger partial charge in [0.15, 0.2) is 6.29 Å². The fourth-order valence-corrected chi connectivity index (χ4v) is 1.07. The maximum absolute atomic E-state index is 10.3. The highest BCUT2D eigenvalue weighted by Crippen LogP contribution is 2.18. The van der Waals surface area contributed by atoms with E-state index in [4.69, 9.17) is 20.4 Å². The van der Waals surface area contributed by atoms with Gasteiger partial charge in [-0.25, -0.2) is 0 Å². The van der Waals surface area contributed by atoms with Gasteiger partial charge in [0.05, 0.1) is 6.10 Å². The first-order valence-corrected chi connectivity index (χ1v) is 3.53. The standard InChI is InChI=1S/C6H11O6/c7-1-2-3(8)4(9)5(10)6(11)12-2/h2-6,8-11H,1H2/q-1. The average molecular weight is 179 g/mol. The average Bonchev–Trinajstić information content (AvgIpc) is 2.08. The normalized spacial score (nSPS) is 49.2. The lowest BCUT2D eigenvalue weighted by atomic mass is 10.00. The van der Waals surface area contributed by atoms with E-state index in [1.165, 1.54) is 0 Å². The lowest BCUT2D eigenvalue weighted by molar-refractivity contribution is -0.411. The molecule has 72 valence electrons. The van der Waals surface area contributed by atoms with Crippen molar-refractivity contribution < 1.29 is 30.3 Å². The van der Waals surface area contributed by atoms with Gasteiger partial charge in [0.2, 0.25) is 0 Å². The smallest absolute Gasteiger partial charge is 0.183 e. The molecule has 1 saturated heterocycles. The van der Waals surface area contributed by atoms with Crippen LogP contribution in [0.5, 0.6) is 0 Å². The molecule has 1 fully saturated rings. The second-order valence-electron chi connectivity index (χ2n) is 2.70. The van der Waals surface area contributed by atoms with Crippen LogP contribution in [0.3, 0.4) is 0 Å². The van der Waals surface area contributed by atoms with Gasteiger partial charge in [-0.2, -0.15) is 0 Å². The van der Waals surface area contributed by atoms with E-state index in [1.807, 2.05) is 0 Å². The summed E-state index contributed by atoms with van der Waals surface area (Å²) in [4.78, 5) is 0. The van der Waals surface area contributed by atoms with Crippen LogP contribution in [0.25, 0.3) is 0 Å². The van der Waals surface area contributed by atoms with E-state index in [0.717, 1.165) is 0 Å². The third-order valence-corrected chi connectivity index (χ3v) is 1.85. The van der Waals surface area contributed by atoms with Gasteiger partial charge in [-0.3, -0.25) is 0 Å². The Hall–Kier alpha value is -0.240. The topological polar surface area (TPSA) is 113 Å². The van der Waals surface area contributed by atoms with Crippen molar-refractivity contribution in [2.24, 2.45) is 0 Å². The minimum absolute atomic E-state index is 0.776. The Labute approximate surface area is 68.6 Å². The summed E-state index contributed by atoms with van der Waals surface area (Å²) in [6, 6.07) is 0. The molecule has 12 heavy (non-hydrogen) atoms. The number of hydrogen-bond acceptors (Lipinski definition) is 6. The molecule has 0 amide bonds. The Morgan fingerprint density at radius 2 is 1.58 bits per heavy atom. The lowest BCUT2D eigenvalue weighted by Crippen LogP contribution is -2.59. The van der Waals surface area contributed by atoms with Crippen LogP contribution >= 0.6 is 0 Å². The third kappa shape index (κ3) is 1.58. The second-order valence-corrected chi connectivity index (χ2v) is 2.70. The van der Waals surface area contributed by atoms with Crippen LogP contribution in [0.1, 0.15) is 0 Å². The molecular formula is C6H11O6-. The summed E-state index contributed by atoms with van der Waals surface area (Å²) < 4.78 is 4.51. The zero-order valence-electron chi connectivity index (χ0n) is 6.20. The van der Waals surface area contributed by atoms with E-state index in [1.54, 1.807) is 0 Å². The minimum atomic E-state index is -1.61. The summed E-state index contributed by atoms with van der Waals surface area (Å²) in [7, 11) is 0. The SMILES string of the molecule is [O-]CC1OC(O)C(O)C(O)C1O. The van der Waals surface area contributed by atoms with Crippen molar-refractivity contribution in [3.8, 4) is 0 Å². The molecule has 6 nitrogen and oxygen atoms in total. The number of hydrogen-bond donors (Lipinski definition) is 4. The van der Waals surface area contributed by atoms with Crippen LogP contribution in [-0.2, 0) is 4.74 Å².